The van der Waals surface area contributed by atoms with Gasteiger partial charge in [-0.05, 0) is 6.92 Å². The summed E-state index contributed by atoms with van der Waals surface area (Å²) >= 11 is 0. The number of aryl methyl sites for hydroxylation is 1. The first-order valence-corrected chi connectivity index (χ1v) is 7.13. The summed E-state index contributed by atoms with van der Waals surface area (Å²) in [5, 5.41) is 13.0. The van der Waals surface area contributed by atoms with Crippen molar-refractivity contribution < 1.29 is 14.7 Å². The maximum Gasteiger partial charge on any atom is 0.305 e. The molecule has 2 rings (SSSR count). The predicted molar refractivity (Wildman–Crippen MR) is 82.5 cm³/mol. The molecule has 1 N–H and O–H groups in total. The SMILES string of the molecule is CCN(CCC(=O)O)C(=O)c1cnn(C)c1-c1ccccc1. The van der Waals surface area contributed by atoms with E-state index in [0.29, 0.717) is 12.1 Å². The molecule has 1 amide bonds. The first-order chi connectivity index (χ1) is 10.5. The van der Waals surface area contributed by atoms with Crippen LogP contribution in [0.25, 0.3) is 11.3 Å². The Morgan fingerprint density at radius 3 is 2.55 bits per heavy atom. The fourth-order valence-corrected chi connectivity index (χ4v) is 2.34. The van der Waals surface area contributed by atoms with Crippen LogP contribution in [0.4, 0.5) is 0 Å². The lowest BCUT2D eigenvalue weighted by Crippen LogP contribution is -2.33. The number of amides is 1. The monoisotopic (exact) mass is 301 g/mol. The van der Waals surface area contributed by atoms with E-state index >= 15 is 0 Å². The lowest BCUT2D eigenvalue weighted by molar-refractivity contribution is -0.137. The van der Waals surface area contributed by atoms with E-state index in [0.717, 1.165) is 11.3 Å². The molecule has 0 aliphatic heterocycles. The Labute approximate surface area is 129 Å². The van der Waals surface area contributed by atoms with Crippen molar-refractivity contribution in [3.63, 3.8) is 0 Å². The van der Waals surface area contributed by atoms with E-state index in [4.69, 9.17) is 5.11 Å². The minimum absolute atomic E-state index is 0.0689. The number of benzene rings is 1. The fourth-order valence-electron chi connectivity index (χ4n) is 2.34. The second-order valence-corrected chi connectivity index (χ2v) is 4.93. The molecule has 0 aliphatic rings. The third kappa shape index (κ3) is 3.33. The highest BCUT2D eigenvalue weighted by Gasteiger charge is 2.22. The molecule has 0 bridgehead atoms. The second-order valence-electron chi connectivity index (χ2n) is 4.93. The molecular weight excluding hydrogens is 282 g/mol. The van der Waals surface area contributed by atoms with E-state index in [-0.39, 0.29) is 18.9 Å². The Bertz CT molecular complexity index is 665. The summed E-state index contributed by atoms with van der Waals surface area (Å²) in [5.74, 6) is -1.11. The van der Waals surface area contributed by atoms with Gasteiger partial charge in [-0.2, -0.15) is 5.10 Å². The van der Waals surface area contributed by atoms with E-state index in [1.54, 1.807) is 11.7 Å². The molecule has 1 aromatic heterocycles. The van der Waals surface area contributed by atoms with Gasteiger partial charge in [0.15, 0.2) is 0 Å². The zero-order chi connectivity index (χ0) is 16.1. The van der Waals surface area contributed by atoms with Crippen molar-refractivity contribution >= 4 is 11.9 Å². The van der Waals surface area contributed by atoms with E-state index in [1.807, 2.05) is 37.3 Å². The standard InChI is InChI=1S/C16H19N3O3/c1-3-19(10-9-14(20)21)16(22)13-11-17-18(2)15(13)12-7-5-4-6-8-12/h4-8,11H,3,9-10H2,1-2H3,(H,20,21). The number of carboxylic acid groups (broad SMARTS) is 1. The Morgan fingerprint density at radius 2 is 1.95 bits per heavy atom. The lowest BCUT2D eigenvalue weighted by atomic mass is 10.1. The minimum Gasteiger partial charge on any atom is -0.481 e. The Morgan fingerprint density at radius 1 is 1.27 bits per heavy atom. The van der Waals surface area contributed by atoms with Crippen molar-refractivity contribution in [2.75, 3.05) is 13.1 Å². The van der Waals surface area contributed by atoms with Crippen LogP contribution >= 0.6 is 0 Å². The predicted octanol–water partition coefficient (Wildman–Crippen LogP) is 2.02. The van der Waals surface area contributed by atoms with Crippen molar-refractivity contribution in [3.05, 3.63) is 42.1 Å². The summed E-state index contributed by atoms with van der Waals surface area (Å²) in [4.78, 5) is 24.9. The fraction of sp³-hybridized carbons (Fsp3) is 0.312. The molecule has 6 nitrogen and oxygen atoms in total. The van der Waals surface area contributed by atoms with E-state index in [9.17, 15) is 9.59 Å². The summed E-state index contributed by atoms with van der Waals surface area (Å²) < 4.78 is 1.66. The number of aliphatic carboxylic acids is 1. The first kappa shape index (κ1) is 15.8. The number of carboxylic acids is 1. The van der Waals surface area contributed by atoms with Gasteiger partial charge in [-0.1, -0.05) is 30.3 Å². The van der Waals surface area contributed by atoms with Crippen molar-refractivity contribution in [2.45, 2.75) is 13.3 Å². The largest absolute Gasteiger partial charge is 0.481 e. The molecule has 0 spiro atoms. The quantitative estimate of drug-likeness (QED) is 0.885. The highest BCUT2D eigenvalue weighted by atomic mass is 16.4. The average Bonchev–Trinajstić information content (AvgIpc) is 2.90. The third-order valence-electron chi connectivity index (χ3n) is 3.48. The van der Waals surface area contributed by atoms with Gasteiger partial charge in [0.1, 0.15) is 0 Å². The molecule has 6 heteroatoms. The second kappa shape index (κ2) is 6.89. The summed E-state index contributed by atoms with van der Waals surface area (Å²) in [6.45, 7) is 2.47. The Hall–Kier alpha value is -2.63. The van der Waals surface area contributed by atoms with Crippen LogP contribution in [-0.2, 0) is 11.8 Å². The lowest BCUT2D eigenvalue weighted by Gasteiger charge is -2.20. The van der Waals surface area contributed by atoms with Gasteiger partial charge in [0.25, 0.3) is 5.91 Å². The van der Waals surface area contributed by atoms with Crippen molar-refractivity contribution in [3.8, 4) is 11.3 Å². The highest BCUT2D eigenvalue weighted by molar-refractivity contribution is 6.00. The van der Waals surface area contributed by atoms with Gasteiger partial charge in [-0.15, -0.1) is 0 Å². The van der Waals surface area contributed by atoms with Crippen LogP contribution in [0, 0.1) is 0 Å². The van der Waals surface area contributed by atoms with E-state index < -0.39 is 5.97 Å². The summed E-state index contributed by atoms with van der Waals surface area (Å²) in [6, 6.07) is 9.55. The third-order valence-corrected chi connectivity index (χ3v) is 3.48. The number of rotatable bonds is 6. The summed E-state index contributed by atoms with van der Waals surface area (Å²) in [7, 11) is 1.78. The maximum absolute atomic E-state index is 12.7. The van der Waals surface area contributed by atoms with Crippen LogP contribution < -0.4 is 0 Å². The molecule has 22 heavy (non-hydrogen) atoms. The van der Waals surface area contributed by atoms with E-state index in [1.165, 1.54) is 11.1 Å². The van der Waals surface area contributed by atoms with Crippen molar-refractivity contribution in [2.24, 2.45) is 7.05 Å². The molecule has 0 radical (unpaired) electrons. The molecule has 2 aromatic rings. The van der Waals surface area contributed by atoms with Crippen LogP contribution in [0.5, 0.6) is 0 Å². The Balaban J connectivity index is 2.32. The normalized spacial score (nSPS) is 10.5. The minimum atomic E-state index is -0.916. The molecule has 0 aliphatic carbocycles. The number of carbonyl (C=O) groups excluding carboxylic acids is 1. The average molecular weight is 301 g/mol. The summed E-state index contributed by atoms with van der Waals surface area (Å²) in [6.07, 6.45) is 1.47. The molecule has 0 atom stereocenters. The zero-order valence-corrected chi connectivity index (χ0v) is 12.7. The van der Waals surface area contributed by atoms with Crippen LogP contribution in [0.3, 0.4) is 0 Å². The maximum atomic E-state index is 12.7. The number of hydrogen-bond donors (Lipinski definition) is 1. The van der Waals surface area contributed by atoms with Gasteiger partial charge < -0.3 is 10.0 Å². The summed E-state index contributed by atoms with van der Waals surface area (Å²) in [5.41, 5.74) is 2.13. The van der Waals surface area contributed by atoms with Crippen molar-refractivity contribution in [1.82, 2.24) is 14.7 Å². The topological polar surface area (TPSA) is 75.4 Å². The highest BCUT2D eigenvalue weighted by Crippen LogP contribution is 2.24. The number of aromatic nitrogens is 2. The van der Waals surface area contributed by atoms with Crippen LogP contribution in [-0.4, -0.2) is 44.8 Å². The van der Waals surface area contributed by atoms with Gasteiger partial charge in [-0.3, -0.25) is 14.3 Å². The van der Waals surface area contributed by atoms with Crippen LogP contribution in [0.15, 0.2) is 36.5 Å². The molecular formula is C16H19N3O3. The molecule has 1 heterocycles. The number of hydrogen-bond acceptors (Lipinski definition) is 3. The van der Waals surface area contributed by atoms with Crippen molar-refractivity contribution in [1.29, 1.82) is 0 Å². The van der Waals surface area contributed by atoms with Gasteiger partial charge in [0.2, 0.25) is 0 Å². The molecule has 0 fully saturated rings. The molecule has 116 valence electrons. The smallest absolute Gasteiger partial charge is 0.305 e. The molecule has 0 saturated heterocycles. The number of carbonyl (C=O) groups is 2. The van der Waals surface area contributed by atoms with Gasteiger partial charge >= 0.3 is 5.97 Å². The van der Waals surface area contributed by atoms with Gasteiger partial charge in [0, 0.05) is 25.7 Å². The molecule has 0 saturated carbocycles. The Kier molecular flexibility index (Phi) is 4.93. The van der Waals surface area contributed by atoms with Gasteiger partial charge in [-0.25, -0.2) is 0 Å². The molecule has 1 aromatic carbocycles. The first-order valence-electron chi connectivity index (χ1n) is 7.13. The zero-order valence-electron chi connectivity index (χ0n) is 12.7. The van der Waals surface area contributed by atoms with E-state index in [2.05, 4.69) is 5.10 Å². The van der Waals surface area contributed by atoms with Crippen LogP contribution in [0.1, 0.15) is 23.7 Å². The molecule has 0 unspecified atom stereocenters. The van der Waals surface area contributed by atoms with Crippen LogP contribution in [0.2, 0.25) is 0 Å². The van der Waals surface area contributed by atoms with Gasteiger partial charge in [0.05, 0.1) is 23.9 Å². The number of nitrogens with zero attached hydrogens (tertiary/aromatic N) is 3.